The van der Waals surface area contributed by atoms with Gasteiger partial charge in [0.05, 0.1) is 10.6 Å². The van der Waals surface area contributed by atoms with Crippen molar-refractivity contribution in [3.05, 3.63) is 77.1 Å². The molecule has 3 heterocycles. The summed E-state index contributed by atoms with van der Waals surface area (Å²) >= 11 is 1.59. The molecule has 0 aliphatic rings. The molecule has 0 saturated heterocycles. The second-order valence-corrected chi connectivity index (χ2v) is 8.71. The summed E-state index contributed by atoms with van der Waals surface area (Å²) in [6.45, 7) is 1.95. The second kappa shape index (κ2) is 7.67. The fourth-order valence-corrected chi connectivity index (χ4v) is 4.38. The number of aryl methyl sites for hydroxylation is 1. The van der Waals surface area contributed by atoms with Gasteiger partial charge in [0.15, 0.2) is 5.89 Å². The largest absolute Gasteiger partial charge is 0.449 e. The van der Waals surface area contributed by atoms with Crippen molar-refractivity contribution in [3.63, 3.8) is 0 Å². The van der Waals surface area contributed by atoms with Gasteiger partial charge in [0.1, 0.15) is 12.0 Å². The molecule has 0 fully saturated rings. The van der Waals surface area contributed by atoms with E-state index in [1.165, 1.54) is 0 Å². The molecule has 0 atom stereocenters. The Hall–Kier alpha value is -2.81. The summed E-state index contributed by atoms with van der Waals surface area (Å²) in [7, 11) is -3.63. The first-order chi connectivity index (χ1) is 13.5. The number of rotatable bonds is 6. The highest BCUT2D eigenvalue weighted by molar-refractivity contribution is 7.89. The average molecular weight is 412 g/mol. The summed E-state index contributed by atoms with van der Waals surface area (Å²) in [5, 5.41) is 3.99. The summed E-state index contributed by atoms with van der Waals surface area (Å²) in [6, 6.07) is 12.2. The quantitative estimate of drug-likeness (QED) is 0.513. The number of nitrogens with one attached hydrogen (secondary N) is 1. The van der Waals surface area contributed by atoms with Gasteiger partial charge >= 0.3 is 0 Å². The van der Waals surface area contributed by atoms with Crippen molar-refractivity contribution in [2.24, 2.45) is 0 Å². The van der Waals surface area contributed by atoms with Crippen LogP contribution in [0.4, 0.5) is 0 Å². The normalized spacial score (nSPS) is 11.6. The number of pyridine rings is 1. The third kappa shape index (κ3) is 4.04. The maximum atomic E-state index is 12.6. The molecule has 8 heteroatoms. The second-order valence-electron chi connectivity index (χ2n) is 6.16. The van der Waals surface area contributed by atoms with E-state index in [0.717, 1.165) is 22.4 Å². The van der Waals surface area contributed by atoms with Gasteiger partial charge in [-0.1, -0.05) is 12.1 Å². The molecule has 3 aromatic heterocycles. The summed E-state index contributed by atoms with van der Waals surface area (Å²) in [6.07, 6.45) is 3.23. The number of aromatic nitrogens is 2. The fraction of sp³-hybridized carbons (Fsp3) is 0.100. The summed E-state index contributed by atoms with van der Waals surface area (Å²) in [5.41, 5.74) is 4.16. The number of hydrogen-bond acceptors (Lipinski definition) is 6. The summed E-state index contributed by atoms with van der Waals surface area (Å²) in [5.74, 6) is 0.563. The Kier molecular flexibility index (Phi) is 5.08. The fourth-order valence-electron chi connectivity index (χ4n) is 2.71. The van der Waals surface area contributed by atoms with Crippen LogP contribution in [0.5, 0.6) is 0 Å². The monoisotopic (exact) mass is 411 g/mol. The lowest BCUT2D eigenvalue weighted by atomic mass is 10.1. The Morgan fingerprint density at radius 3 is 2.57 bits per heavy atom. The predicted molar refractivity (Wildman–Crippen MR) is 108 cm³/mol. The predicted octanol–water partition coefficient (Wildman–Crippen LogP) is 4.25. The Morgan fingerprint density at radius 2 is 1.89 bits per heavy atom. The molecular formula is C20H17N3O3S2. The van der Waals surface area contributed by atoms with Crippen molar-refractivity contribution in [2.45, 2.75) is 18.4 Å². The number of oxazole rings is 1. The minimum Gasteiger partial charge on any atom is -0.449 e. The van der Waals surface area contributed by atoms with Crippen molar-refractivity contribution in [1.82, 2.24) is 14.7 Å². The maximum absolute atomic E-state index is 12.6. The molecule has 0 radical (unpaired) electrons. The smallest absolute Gasteiger partial charge is 0.240 e. The Balaban J connectivity index is 1.48. The molecule has 142 valence electrons. The Morgan fingerprint density at radius 1 is 1.07 bits per heavy atom. The van der Waals surface area contributed by atoms with Gasteiger partial charge in [-0.3, -0.25) is 4.98 Å². The highest BCUT2D eigenvalue weighted by Gasteiger charge is 2.15. The SMILES string of the molecule is Cc1nc(-c2ccc(S(=O)(=O)NCc3ccnc(-c4ccsc4)c3)cc2)co1. The van der Waals surface area contributed by atoms with E-state index in [4.69, 9.17) is 4.42 Å². The molecule has 4 rings (SSSR count). The van der Waals surface area contributed by atoms with E-state index < -0.39 is 10.0 Å². The van der Waals surface area contributed by atoms with Gasteiger partial charge < -0.3 is 4.42 Å². The van der Waals surface area contributed by atoms with Crippen molar-refractivity contribution < 1.29 is 12.8 Å². The zero-order valence-corrected chi connectivity index (χ0v) is 16.6. The van der Waals surface area contributed by atoms with Crippen molar-refractivity contribution >= 4 is 21.4 Å². The molecule has 6 nitrogen and oxygen atoms in total. The number of sulfonamides is 1. The van der Waals surface area contributed by atoms with Crippen LogP contribution >= 0.6 is 11.3 Å². The molecule has 0 aliphatic carbocycles. The van der Waals surface area contributed by atoms with Gasteiger partial charge in [-0.2, -0.15) is 11.3 Å². The first-order valence-corrected chi connectivity index (χ1v) is 10.9. The molecule has 0 aliphatic heterocycles. The van der Waals surface area contributed by atoms with Gasteiger partial charge in [-0.05, 0) is 41.3 Å². The van der Waals surface area contributed by atoms with Crippen LogP contribution in [-0.4, -0.2) is 18.4 Å². The first-order valence-electron chi connectivity index (χ1n) is 8.51. The van der Waals surface area contributed by atoms with Gasteiger partial charge in [0.2, 0.25) is 10.0 Å². The lowest BCUT2D eigenvalue weighted by molar-refractivity contribution is 0.521. The van der Waals surface area contributed by atoms with Crippen LogP contribution < -0.4 is 4.72 Å². The Bertz CT molecular complexity index is 1180. The maximum Gasteiger partial charge on any atom is 0.240 e. The van der Waals surface area contributed by atoms with E-state index in [-0.39, 0.29) is 11.4 Å². The highest BCUT2D eigenvalue weighted by atomic mass is 32.2. The van der Waals surface area contributed by atoms with Crippen LogP contribution in [0.25, 0.3) is 22.5 Å². The molecule has 0 saturated carbocycles. The van der Waals surface area contributed by atoms with Gasteiger partial charge in [0.25, 0.3) is 0 Å². The minimum atomic E-state index is -3.63. The average Bonchev–Trinajstić information content (AvgIpc) is 3.39. The van der Waals surface area contributed by atoms with Crippen LogP contribution in [0.15, 0.2) is 75.0 Å². The molecule has 1 N–H and O–H groups in total. The van der Waals surface area contributed by atoms with Crippen molar-refractivity contribution in [1.29, 1.82) is 0 Å². The third-order valence-electron chi connectivity index (χ3n) is 4.19. The molecule has 1 aromatic carbocycles. The lowest BCUT2D eigenvalue weighted by Gasteiger charge is -2.08. The minimum absolute atomic E-state index is 0.187. The van der Waals surface area contributed by atoms with Crippen LogP contribution in [0, 0.1) is 6.92 Å². The van der Waals surface area contributed by atoms with Crippen LogP contribution in [0.2, 0.25) is 0 Å². The zero-order valence-electron chi connectivity index (χ0n) is 15.0. The van der Waals surface area contributed by atoms with E-state index in [0.29, 0.717) is 11.6 Å². The molecule has 0 bridgehead atoms. The van der Waals surface area contributed by atoms with E-state index in [1.807, 2.05) is 22.9 Å². The van der Waals surface area contributed by atoms with Crippen LogP contribution in [0.3, 0.4) is 0 Å². The molecular weight excluding hydrogens is 394 g/mol. The molecule has 0 spiro atoms. The third-order valence-corrected chi connectivity index (χ3v) is 6.29. The van der Waals surface area contributed by atoms with Crippen LogP contribution in [0.1, 0.15) is 11.5 Å². The number of nitrogens with zero attached hydrogens (tertiary/aromatic N) is 2. The highest BCUT2D eigenvalue weighted by Crippen LogP contribution is 2.22. The zero-order chi connectivity index (χ0) is 19.6. The van der Waals surface area contributed by atoms with E-state index >= 15 is 0 Å². The molecule has 28 heavy (non-hydrogen) atoms. The topological polar surface area (TPSA) is 85.1 Å². The standard InChI is InChI=1S/C20H17N3O3S2/c1-14-23-20(12-26-14)16-2-4-18(5-3-16)28(24,25)22-11-15-6-8-21-19(10-15)17-7-9-27-13-17/h2-10,12-13,22H,11H2,1H3. The summed E-state index contributed by atoms with van der Waals surface area (Å²) in [4.78, 5) is 8.78. The van der Waals surface area contributed by atoms with Gasteiger partial charge in [-0.15, -0.1) is 0 Å². The molecule has 0 amide bonds. The van der Waals surface area contributed by atoms with Gasteiger partial charge in [-0.25, -0.2) is 18.1 Å². The number of thiophene rings is 1. The van der Waals surface area contributed by atoms with Crippen molar-refractivity contribution in [3.8, 4) is 22.5 Å². The lowest BCUT2D eigenvalue weighted by Crippen LogP contribution is -2.23. The van der Waals surface area contributed by atoms with E-state index in [2.05, 4.69) is 14.7 Å². The molecule has 4 aromatic rings. The Labute approximate surface area is 167 Å². The van der Waals surface area contributed by atoms with Crippen LogP contribution in [-0.2, 0) is 16.6 Å². The van der Waals surface area contributed by atoms with E-state index in [1.54, 1.807) is 61.1 Å². The van der Waals surface area contributed by atoms with Crippen molar-refractivity contribution in [2.75, 3.05) is 0 Å². The number of hydrogen-bond donors (Lipinski definition) is 1. The number of benzene rings is 1. The molecule has 0 unspecified atom stereocenters. The van der Waals surface area contributed by atoms with E-state index in [9.17, 15) is 8.42 Å². The summed E-state index contributed by atoms with van der Waals surface area (Å²) < 4.78 is 33.1. The first kappa shape index (κ1) is 18.5. The van der Waals surface area contributed by atoms with Gasteiger partial charge in [0, 0.05) is 36.2 Å².